The zero-order chi connectivity index (χ0) is 18.1. The summed E-state index contributed by atoms with van der Waals surface area (Å²) in [6, 6.07) is 4.36. The van der Waals surface area contributed by atoms with Crippen molar-refractivity contribution >= 4 is 6.03 Å². The van der Waals surface area contributed by atoms with Crippen LogP contribution in [0.4, 0.5) is 4.79 Å². The Morgan fingerprint density at radius 2 is 1.96 bits per heavy atom. The maximum absolute atomic E-state index is 12.6. The third kappa shape index (κ3) is 3.30. The van der Waals surface area contributed by atoms with E-state index in [2.05, 4.69) is 39.2 Å². The minimum Gasteiger partial charge on any atom is -0.339 e. The van der Waals surface area contributed by atoms with Crippen LogP contribution >= 0.6 is 0 Å². The number of piperidine rings is 1. The Balaban J connectivity index is 1.44. The lowest BCUT2D eigenvalue weighted by molar-refractivity contribution is 0.130. The Morgan fingerprint density at radius 1 is 1.27 bits per heavy atom. The van der Waals surface area contributed by atoms with E-state index in [1.165, 1.54) is 0 Å². The summed E-state index contributed by atoms with van der Waals surface area (Å²) in [5, 5.41) is 7.19. The van der Waals surface area contributed by atoms with Crippen LogP contribution in [0.2, 0.25) is 0 Å². The highest BCUT2D eigenvalue weighted by atomic mass is 16.5. The van der Waals surface area contributed by atoms with E-state index >= 15 is 0 Å². The molecular weight excluding hydrogens is 330 g/mol. The number of carbonyl (C=O) groups excluding carboxylic acids is 1. The van der Waals surface area contributed by atoms with Gasteiger partial charge in [-0.2, -0.15) is 4.98 Å². The summed E-state index contributed by atoms with van der Waals surface area (Å²) in [6.45, 7) is 4.94. The van der Waals surface area contributed by atoms with E-state index in [1.807, 2.05) is 12.1 Å². The van der Waals surface area contributed by atoms with Crippen LogP contribution in [0.25, 0.3) is 11.4 Å². The van der Waals surface area contributed by atoms with Crippen molar-refractivity contribution in [2.24, 2.45) is 5.92 Å². The number of fused-ring (bicyclic) bond motifs is 2. The van der Waals surface area contributed by atoms with Crippen LogP contribution in [-0.4, -0.2) is 44.7 Å². The van der Waals surface area contributed by atoms with Gasteiger partial charge in [-0.3, -0.25) is 4.98 Å². The van der Waals surface area contributed by atoms with Crippen LogP contribution in [0.5, 0.6) is 0 Å². The fourth-order valence-electron chi connectivity index (χ4n) is 4.11. The highest BCUT2D eigenvalue weighted by molar-refractivity contribution is 5.75. The van der Waals surface area contributed by atoms with Crippen molar-refractivity contribution in [1.29, 1.82) is 0 Å². The van der Waals surface area contributed by atoms with Crippen LogP contribution in [0.3, 0.4) is 0 Å². The maximum atomic E-state index is 12.6. The minimum absolute atomic E-state index is 0.0765. The first-order valence-electron chi connectivity index (χ1n) is 9.42. The molecule has 0 aliphatic carbocycles. The van der Waals surface area contributed by atoms with Crippen molar-refractivity contribution in [3.05, 3.63) is 30.4 Å². The lowest BCUT2D eigenvalue weighted by Crippen LogP contribution is -2.51. The fourth-order valence-corrected chi connectivity index (χ4v) is 4.11. The molecule has 0 saturated carbocycles. The van der Waals surface area contributed by atoms with Gasteiger partial charge < -0.3 is 14.7 Å². The normalized spacial score (nSPS) is 24.9. The molecule has 2 saturated heterocycles. The molecule has 2 bridgehead atoms. The molecule has 7 nitrogen and oxygen atoms in total. The molecule has 1 unspecified atom stereocenters. The van der Waals surface area contributed by atoms with E-state index in [9.17, 15) is 4.79 Å². The first-order chi connectivity index (χ1) is 12.6. The molecule has 7 heteroatoms. The van der Waals surface area contributed by atoms with Crippen molar-refractivity contribution in [3.63, 3.8) is 0 Å². The molecule has 4 rings (SSSR count). The Bertz CT molecular complexity index is 746. The molecule has 2 amide bonds. The van der Waals surface area contributed by atoms with E-state index in [4.69, 9.17) is 4.52 Å². The summed E-state index contributed by atoms with van der Waals surface area (Å²) >= 11 is 0. The molecule has 0 aromatic carbocycles. The van der Waals surface area contributed by atoms with Crippen LogP contribution < -0.4 is 5.32 Å². The van der Waals surface area contributed by atoms with Gasteiger partial charge >= 0.3 is 6.03 Å². The second kappa shape index (κ2) is 7.05. The maximum Gasteiger partial charge on any atom is 0.317 e. The lowest BCUT2D eigenvalue weighted by atomic mass is 9.91. The Labute approximate surface area is 153 Å². The molecule has 0 radical (unpaired) electrons. The predicted octanol–water partition coefficient (Wildman–Crippen LogP) is 3.21. The summed E-state index contributed by atoms with van der Waals surface area (Å²) in [4.78, 5) is 23.2. The van der Waals surface area contributed by atoms with E-state index in [0.717, 1.165) is 37.8 Å². The number of hydrogen-bond donors (Lipinski definition) is 1. The average Bonchev–Trinajstić information content (AvgIpc) is 3.24. The molecule has 0 spiro atoms. The topological polar surface area (TPSA) is 84.2 Å². The van der Waals surface area contributed by atoms with Gasteiger partial charge in [0.1, 0.15) is 0 Å². The molecule has 4 heterocycles. The van der Waals surface area contributed by atoms with Gasteiger partial charge in [0.15, 0.2) is 0 Å². The number of urea groups is 1. The third-order valence-corrected chi connectivity index (χ3v) is 5.36. The van der Waals surface area contributed by atoms with Gasteiger partial charge in [0.05, 0.1) is 0 Å². The second-order valence-corrected chi connectivity index (χ2v) is 7.73. The summed E-state index contributed by atoms with van der Waals surface area (Å²) in [5.74, 6) is 1.98. The standard InChI is InChI=1S/C19H25N5O2/c1-12(2)11-21-19(25)24-15-3-4-16(24)10-14(9-15)18-22-17(23-26-18)13-5-7-20-8-6-13/h5-8,12,14-16H,3-4,9-11H2,1-2H3,(H,21,25)/t14?,15-,16+. The third-order valence-electron chi connectivity index (χ3n) is 5.36. The SMILES string of the molecule is CC(C)CNC(=O)N1[C@@H]2CC[C@H]1CC(c1nc(-c3ccncc3)no1)C2. The number of nitrogens with one attached hydrogen (secondary N) is 1. The highest BCUT2D eigenvalue weighted by Crippen LogP contribution is 2.42. The Morgan fingerprint density at radius 3 is 2.62 bits per heavy atom. The number of pyridine rings is 1. The highest BCUT2D eigenvalue weighted by Gasteiger charge is 2.45. The predicted molar refractivity (Wildman–Crippen MR) is 96.4 cm³/mol. The van der Waals surface area contributed by atoms with Crippen molar-refractivity contribution in [1.82, 2.24) is 25.3 Å². The minimum atomic E-state index is 0.0765. The van der Waals surface area contributed by atoms with Gasteiger partial charge in [0, 0.05) is 42.5 Å². The molecule has 2 aromatic heterocycles. The van der Waals surface area contributed by atoms with Gasteiger partial charge in [0.2, 0.25) is 11.7 Å². The molecule has 2 aromatic rings. The summed E-state index contributed by atoms with van der Waals surface area (Å²) in [7, 11) is 0. The molecule has 2 fully saturated rings. The van der Waals surface area contributed by atoms with E-state index in [1.54, 1.807) is 12.4 Å². The summed E-state index contributed by atoms with van der Waals surface area (Å²) in [5.41, 5.74) is 0.906. The molecule has 2 aliphatic rings. The largest absolute Gasteiger partial charge is 0.339 e. The van der Waals surface area contributed by atoms with Crippen LogP contribution in [0.15, 0.2) is 29.0 Å². The number of nitrogens with zero attached hydrogens (tertiary/aromatic N) is 4. The first kappa shape index (κ1) is 17.0. The number of aromatic nitrogens is 3. The molecule has 3 atom stereocenters. The van der Waals surface area contributed by atoms with Crippen molar-refractivity contribution < 1.29 is 9.32 Å². The van der Waals surface area contributed by atoms with Crippen molar-refractivity contribution in [3.8, 4) is 11.4 Å². The second-order valence-electron chi connectivity index (χ2n) is 7.73. The number of carbonyl (C=O) groups is 1. The number of amides is 2. The van der Waals surface area contributed by atoms with Gasteiger partial charge in [0.25, 0.3) is 0 Å². The summed E-state index contributed by atoms with van der Waals surface area (Å²) < 4.78 is 5.56. The molecular formula is C19H25N5O2. The zero-order valence-corrected chi connectivity index (χ0v) is 15.3. The molecule has 138 valence electrons. The lowest BCUT2D eigenvalue weighted by Gasteiger charge is -2.37. The Hall–Kier alpha value is -2.44. The average molecular weight is 355 g/mol. The number of hydrogen-bond acceptors (Lipinski definition) is 5. The van der Waals surface area contributed by atoms with Crippen molar-refractivity contribution in [2.75, 3.05) is 6.54 Å². The van der Waals surface area contributed by atoms with E-state index in [0.29, 0.717) is 17.6 Å². The molecule has 26 heavy (non-hydrogen) atoms. The van der Waals surface area contributed by atoms with Gasteiger partial charge in [-0.05, 0) is 43.7 Å². The first-order valence-corrected chi connectivity index (χ1v) is 9.42. The van der Waals surface area contributed by atoms with Gasteiger partial charge in [-0.25, -0.2) is 4.79 Å². The van der Waals surface area contributed by atoms with E-state index in [-0.39, 0.29) is 24.0 Å². The Kier molecular flexibility index (Phi) is 4.61. The number of rotatable bonds is 4. The quantitative estimate of drug-likeness (QED) is 0.910. The zero-order valence-electron chi connectivity index (χ0n) is 15.3. The van der Waals surface area contributed by atoms with Gasteiger partial charge in [-0.15, -0.1) is 0 Å². The molecule has 2 aliphatic heterocycles. The monoisotopic (exact) mass is 355 g/mol. The van der Waals surface area contributed by atoms with Crippen LogP contribution in [0.1, 0.15) is 51.3 Å². The van der Waals surface area contributed by atoms with E-state index < -0.39 is 0 Å². The van der Waals surface area contributed by atoms with Gasteiger partial charge in [-0.1, -0.05) is 19.0 Å². The van der Waals surface area contributed by atoms with Crippen LogP contribution in [-0.2, 0) is 0 Å². The van der Waals surface area contributed by atoms with Crippen molar-refractivity contribution in [2.45, 2.75) is 57.5 Å². The fraction of sp³-hybridized carbons (Fsp3) is 0.579. The smallest absolute Gasteiger partial charge is 0.317 e. The van der Waals surface area contributed by atoms with Crippen LogP contribution in [0, 0.1) is 5.92 Å². The molecule has 1 N–H and O–H groups in total. The summed E-state index contributed by atoms with van der Waals surface area (Å²) in [6.07, 6.45) is 7.34.